The molecule has 0 radical (unpaired) electrons. The van der Waals surface area contributed by atoms with E-state index in [1.54, 1.807) is 12.1 Å². The van der Waals surface area contributed by atoms with Crippen molar-refractivity contribution < 1.29 is 14.7 Å². The molecule has 1 aromatic rings. The van der Waals surface area contributed by atoms with Crippen molar-refractivity contribution in [1.29, 1.82) is 0 Å². The maximum absolute atomic E-state index is 11.3. The Kier molecular flexibility index (Phi) is 4.10. The van der Waals surface area contributed by atoms with Crippen LogP contribution in [-0.2, 0) is 4.79 Å². The lowest BCUT2D eigenvalue weighted by molar-refractivity contribution is -0.116. The first-order chi connectivity index (χ1) is 7.63. The number of carboxylic acids is 1. The molecule has 1 amide bonds. The highest BCUT2D eigenvalue weighted by Gasteiger charge is 2.05. The first kappa shape index (κ1) is 11.8. The molecule has 0 aliphatic carbocycles. The summed E-state index contributed by atoms with van der Waals surface area (Å²) in [6, 6.07) is 6.05. The molecule has 0 saturated carbocycles. The summed E-state index contributed by atoms with van der Waals surface area (Å²) in [7, 11) is 0. The number of anilines is 1. The maximum Gasteiger partial charge on any atom is 0.335 e. The Balaban J connectivity index is 2.67. The lowest BCUT2D eigenvalue weighted by Gasteiger charge is -2.04. The van der Waals surface area contributed by atoms with Gasteiger partial charge in [0, 0.05) is 18.5 Å². The Morgan fingerprint density at radius 3 is 2.81 bits per heavy atom. The molecule has 0 aliphatic heterocycles. The van der Waals surface area contributed by atoms with Gasteiger partial charge in [-0.1, -0.05) is 6.07 Å². The SMILES string of the molecule is C#CCCC(=O)Nc1cccc(C(=O)O)c1. The molecular formula is C12H11NO3. The number of aromatic carboxylic acids is 1. The molecule has 0 spiro atoms. The molecule has 0 fully saturated rings. The van der Waals surface area contributed by atoms with E-state index in [0.717, 1.165) is 0 Å². The Bertz CT molecular complexity index is 446. The van der Waals surface area contributed by atoms with Crippen LogP contribution in [0.1, 0.15) is 23.2 Å². The van der Waals surface area contributed by atoms with Crippen LogP contribution in [0.25, 0.3) is 0 Å². The molecule has 0 unspecified atom stereocenters. The zero-order valence-electron chi connectivity index (χ0n) is 8.56. The second-order valence-electron chi connectivity index (χ2n) is 3.14. The van der Waals surface area contributed by atoms with Crippen molar-refractivity contribution in [3.05, 3.63) is 29.8 Å². The highest BCUT2D eigenvalue weighted by atomic mass is 16.4. The van der Waals surface area contributed by atoms with E-state index >= 15 is 0 Å². The summed E-state index contributed by atoms with van der Waals surface area (Å²) in [6.45, 7) is 0. The van der Waals surface area contributed by atoms with Crippen molar-refractivity contribution in [2.75, 3.05) is 5.32 Å². The predicted octanol–water partition coefficient (Wildman–Crippen LogP) is 1.74. The van der Waals surface area contributed by atoms with Gasteiger partial charge >= 0.3 is 5.97 Å². The molecule has 0 aliphatic rings. The molecule has 0 saturated heterocycles. The van der Waals surface area contributed by atoms with E-state index in [-0.39, 0.29) is 17.9 Å². The van der Waals surface area contributed by atoms with Gasteiger partial charge in [-0.2, -0.15) is 0 Å². The Hall–Kier alpha value is -2.28. The summed E-state index contributed by atoms with van der Waals surface area (Å²) in [5.41, 5.74) is 0.594. The summed E-state index contributed by atoms with van der Waals surface area (Å²) >= 11 is 0. The first-order valence-electron chi connectivity index (χ1n) is 4.70. The molecule has 0 atom stereocenters. The minimum absolute atomic E-state index is 0.134. The predicted molar refractivity (Wildman–Crippen MR) is 60.1 cm³/mol. The molecule has 16 heavy (non-hydrogen) atoms. The highest BCUT2D eigenvalue weighted by Crippen LogP contribution is 2.11. The monoisotopic (exact) mass is 217 g/mol. The van der Waals surface area contributed by atoms with Crippen molar-refractivity contribution in [2.24, 2.45) is 0 Å². The third-order valence-corrected chi connectivity index (χ3v) is 1.89. The molecule has 0 aromatic heterocycles. The van der Waals surface area contributed by atoms with Crippen LogP contribution in [0.5, 0.6) is 0 Å². The molecule has 1 aromatic carbocycles. The van der Waals surface area contributed by atoms with E-state index in [1.807, 2.05) is 0 Å². The standard InChI is InChI=1S/C12H11NO3/c1-2-3-7-11(14)13-10-6-4-5-9(8-10)12(15)16/h1,4-6,8H,3,7H2,(H,13,14)(H,15,16). The van der Waals surface area contributed by atoms with Crippen LogP contribution < -0.4 is 5.32 Å². The smallest absolute Gasteiger partial charge is 0.335 e. The van der Waals surface area contributed by atoms with E-state index in [1.165, 1.54) is 12.1 Å². The zero-order chi connectivity index (χ0) is 12.0. The summed E-state index contributed by atoms with van der Waals surface area (Å²) in [4.78, 5) is 22.0. The number of hydrogen-bond donors (Lipinski definition) is 2. The molecule has 1 rings (SSSR count). The number of hydrogen-bond acceptors (Lipinski definition) is 2. The number of carboxylic acid groups (broad SMARTS) is 1. The highest BCUT2D eigenvalue weighted by molar-refractivity contribution is 5.93. The Morgan fingerprint density at radius 2 is 2.19 bits per heavy atom. The van der Waals surface area contributed by atoms with Crippen molar-refractivity contribution in [1.82, 2.24) is 0 Å². The van der Waals surface area contributed by atoms with Crippen LogP contribution in [-0.4, -0.2) is 17.0 Å². The minimum atomic E-state index is -1.03. The number of carbonyl (C=O) groups excluding carboxylic acids is 1. The third-order valence-electron chi connectivity index (χ3n) is 1.89. The number of benzene rings is 1. The summed E-state index contributed by atoms with van der Waals surface area (Å²) in [6.07, 6.45) is 5.62. The number of terminal acetylenes is 1. The molecule has 82 valence electrons. The van der Waals surface area contributed by atoms with Gasteiger partial charge < -0.3 is 10.4 Å². The van der Waals surface area contributed by atoms with Gasteiger partial charge in [-0.05, 0) is 18.2 Å². The number of carbonyl (C=O) groups is 2. The fraction of sp³-hybridized carbons (Fsp3) is 0.167. The average molecular weight is 217 g/mol. The fourth-order valence-corrected chi connectivity index (χ4v) is 1.14. The molecule has 4 nitrogen and oxygen atoms in total. The van der Waals surface area contributed by atoms with Crippen LogP contribution >= 0.6 is 0 Å². The molecule has 0 heterocycles. The van der Waals surface area contributed by atoms with Gasteiger partial charge in [0.05, 0.1) is 5.56 Å². The molecule has 0 bridgehead atoms. The van der Waals surface area contributed by atoms with Crippen molar-refractivity contribution in [2.45, 2.75) is 12.8 Å². The number of amides is 1. The van der Waals surface area contributed by atoms with Gasteiger partial charge in [-0.3, -0.25) is 4.79 Å². The average Bonchev–Trinajstić information content (AvgIpc) is 2.26. The van der Waals surface area contributed by atoms with Crippen LogP contribution in [0.3, 0.4) is 0 Å². The van der Waals surface area contributed by atoms with E-state index in [0.29, 0.717) is 12.1 Å². The van der Waals surface area contributed by atoms with Crippen molar-refractivity contribution >= 4 is 17.6 Å². The van der Waals surface area contributed by atoms with Crippen molar-refractivity contribution in [3.8, 4) is 12.3 Å². The largest absolute Gasteiger partial charge is 0.478 e. The first-order valence-corrected chi connectivity index (χ1v) is 4.70. The van der Waals surface area contributed by atoms with E-state index in [4.69, 9.17) is 11.5 Å². The van der Waals surface area contributed by atoms with Crippen molar-refractivity contribution in [3.63, 3.8) is 0 Å². The normalized spacial score (nSPS) is 9.19. The molecular weight excluding hydrogens is 206 g/mol. The second kappa shape index (κ2) is 5.56. The third kappa shape index (κ3) is 3.46. The van der Waals surface area contributed by atoms with Gasteiger partial charge in [0.25, 0.3) is 0 Å². The summed E-state index contributed by atoms with van der Waals surface area (Å²) in [5, 5.41) is 11.3. The van der Waals surface area contributed by atoms with E-state index in [9.17, 15) is 9.59 Å². The van der Waals surface area contributed by atoms with Crippen LogP contribution in [0.15, 0.2) is 24.3 Å². The quantitative estimate of drug-likeness (QED) is 0.755. The minimum Gasteiger partial charge on any atom is -0.478 e. The molecule has 2 N–H and O–H groups in total. The van der Waals surface area contributed by atoms with Gasteiger partial charge in [0.1, 0.15) is 0 Å². The lowest BCUT2D eigenvalue weighted by atomic mass is 10.2. The van der Waals surface area contributed by atoms with Gasteiger partial charge in [-0.25, -0.2) is 4.79 Å². The Morgan fingerprint density at radius 1 is 1.44 bits per heavy atom. The van der Waals surface area contributed by atoms with E-state index < -0.39 is 5.97 Å². The van der Waals surface area contributed by atoms with Gasteiger partial charge in [-0.15, -0.1) is 12.3 Å². The second-order valence-corrected chi connectivity index (χ2v) is 3.14. The molecule has 4 heteroatoms. The van der Waals surface area contributed by atoms with Crippen LogP contribution in [0, 0.1) is 12.3 Å². The van der Waals surface area contributed by atoms with Gasteiger partial charge in [0.2, 0.25) is 5.91 Å². The number of rotatable bonds is 4. The lowest BCUT2D eigenvalue weighted by Crippen LogP contribution is -2.11. The van der Waals surface area contributed by atoms with Gasteiger partial charge in [0.15, 0.2) is 0 Å². The summed E-state index contributed by atoms with van der Waals surface area (Å²) in [5.74, 6) is 1.11. The van der Waals surface area contributed by atoms with Crippen LogP contribution in [0.2, 0.25) is 0 Å². The topological polar surface area (TPSA) is 66.4 Å². The number of nitrogens with one attached hydrogen (secondary N) is 1. The summed E-state index contributed by atoms with van der Waals surface area (Å²) < 4.78 is 0. The van der Waals surface area contributed by atoms with E-state index in [2.05, 4.69) is 11.2 Å². The maximum atomic E-state index is 11.3. The van der Waals surface area contributed by atoms with Crippen LogP contribution in [0.4, 0.5) is 5.69 Å². The fourth-order valence-electron chi connectivity index (χ4n) is 1.14. The Labute approximate surface area is 93.3 Å². The zero-order valence-corrected chi connectivity index (χ0v) is 8.56.